The molecule has 0 spiro atoms. The van der Waals surface area contributed by atoms with Gasteiger partial charge in [-0.25, -0.2) is 0 Å². The molecule has 0 amide bonds. The van der Waals surface area contributed by atoms with Crippen LogP contribution in [0.25, 0.3) is 0 Å². The molecule has 2 nitrogen and oxygen atoms in total. The minimum absolute atomic E-state index is 0.544. The molecule has 0 fully saturated rings. The highest BCUT2D eigenvalue weighted by Gasteiger charge is 2.01. The van der Waals surface area contributed by atoms with Crippen molar-refractivity contribution < 1.29 is 0 Å². The summed E-state index contributed by atoms with van der Waals surface area (Å²) in [6, 6.07) is 5.98. The molecule has 1 aromatic carbocycles. The van der Waals surface area contributed by atoms with E-state index in [1.54, 1.807) is 0 Å². The minimum atomic E-state index is 0.544. The SMILES string of the molecule is CN(C)Cc1ccc(CN)cc1Cl. The lowest BCUT2D eigenvalue weighted by molar-refractivity contribution is 0.402. The monoisotopic (exact) mass is 198 g/mol. The van der Waals surface area contributed by atoms with Crippen LogP contribution < -0.4 is 5.73 Å². The Morgan fingerprint density at radius 1 is 1.38 bits per heavy atom. The highest BCUT2D eigenvalue weighted by molar-refractivity contribution is 6.31. The van der Waals surface area contributed by atoms with E-state index in [2.05, 4.69) is 4.90 Å². The van der Waals surface area contributed by atoms with Crippen LogP contribution in [0.15, 0.2) is 18.2 Å². The molecule has 13 heavy (non-hydrogen) atoms. The van der Waals surface area contributed by atoms with Gasteiger partial charge in [-0.05, 0) is 31.3 Å². The van der Waals surface area contributed by atoms with Crippen molar-refractivity contribution in [3.63, 3.8) is 0 Å². The summed E-state index contributed by atoms with van der Waals surface area (Å²) >= 11 is 6.07. The number of hydrogen-bond donors (Lipinski definition) is 1. The van der Waals surface area contributed by atoms with E-state index in [4.69, 9.17) is 17.3 Å². The molecule has 0 atom stereocenters. The van der Waals surface area contributed by atoms with Crippen molar-refractivity contribution in [3.05, 3.63) is 34.3 Å². The average Bonchev–Trinajstić information content (AvgIpc) is 2.08. The van der Waals surface area contributed by atoms with Crippen LogP contribution in [0.4, 0.5) is 0 Å². The molecule has 72 valence electrons. The van der Waals surface area contributed by atoms with Crippen LogP contribution >= 0.6 is 11.6 Å². The number of benzene rings is 1. The van der Waals surface area contributed by atoms with E-state index < -0.39 is 0 Å². The first-order chi connectivity index (χ1) is 6.13. The second kappa shape index (κ2) is 4.61. The number of nitrogens with two attached hydrogens (primary N) is 1. The molecule has 0 unspecified atom stereocenters. The van der Waals surface area contributed by atoms with E-state index in [0.29, 0.717) is 6.54 Å². The van der Waals surface area contributed by atoms with Gasteiger partial charge in [0.15, 0.2) is 0 Å². The summed E-state index contributed by atoms with van der Waals surface area (Å²) in [5.74, 6) is 0. The summed E-state index contributed by atoms with van der Waals surface area (Å²) in [5, 5.41) is 0.802. The Hall–Kier alpha value is -0.570. The molecule has 0 saturated heterocycles. The maximum Gasteiger partial charge on any atom is 0.0454 e. The Balaban J connectivity index is 2.85. The molecule has 1 aromatic rings. The molecule has 0 aliphatic carbocycles. The standard InChI is InChI=1S/C10H15ClN2/c1-13(2)7-9-4-3-8(6-12)5-10(9)11/h3-5H,6-7,12H2,1-2H3. The van der Waals surface area contributed by atoms with Crippen molar-refractivity contribution in [1.82, 2.24) is 4.90 Å². The zero-order valence-electron chi connectivity index (χ0n) is 8.05. The molecule has 1 rings (SSSR count). The quantitative estimate of drug-likeness (QED) is 0.804. The van der Waals surface area contributed by atoms with Crippen molar-refractivity contribution in [1.29, 1.82) is 0 Å². The van der Waals surface area contributed by atoms with Gasteiger partial charge in [-0.1, -0.05) is 23.7 Å². The third-order valence-electron chi connectivity index (χ3n) is 1.84. The third-order valence-corrected chi connectivity index (χ3v) is 2.19. The molecule has 0 aliphatic heterocycles. The van der Waals surface area contributed by atoms with Crippen molar-refractivity contribution in [2.45, 2.75) is 13.1 Å². The molecule has 3 heteroatoms. The van der Waals surface area contributed by atoms with Gasteiger partial charge in [0.2, 0.25) is 0 Å². The minimum Gasteiger partial charge on any atom is -0.326 e. The van der Waals surface area contributed by atoms with Crippen LogP contribution in [0.5, 0.6) is 0 Å². The molecule has 0 aliphatic rings. The van der Waals surface area contributed by atoms with Crippen LogP contribution in [-0.4, -0.2) is 19.0 Å². The fourth-order valence-electron chi connectivity index (χ4n) is 1.19. The first-order valence-electron chi connectivity index (χ1n) is 4.25. The number of halogens is 1. The van der Waals surface area contributed by atoms with E-state index in [-0.39, 0.29) is 0 Å². The van der Waals surface area contributed by atoms with Crippen LogP contribution in [0.1, 0.15) is 11.1 Å². The Labute approximate surface area is 84.3 Å². The maximum atomic E-state index is 6.07. The summed E-state index contributed by atoms with van der Waals surface area (Å²) in [5.41, 5.74) is 7.72. The molecular weight excluding hydrogens is 184 g/mol. The smallest absolute Gasteiger partial charge is 0.0454 e. The lowest BCUT2D eigenvalue weighted by Crippen LogP contribution is -2.11. The predicted molar refractivity (Wildman–Crippen MR) is 56.7 cm³/mol. The molecule has 0 aromatic heterocycles. The lowest BCUT2D eigenvalue weighted by atomic mass is 10.1. The second-order valence-electron chi connectivity index (χ2n) is 3.37. The van der Waals surface area contributed by atoms with Crippen molar-refractivity contribution in [3.8, 4) is 0 Å². The summed E-state index contributed by atoms with van der Waals surface area (Å²) in [7, 11) is 4.04. The lowest BCUT2D eigenvalue weighted by Gasteiger charge is -2.11. The fourth-order valence-corrected chi connectivity index (χ4v) is 1.45. The highest BCUT2D eigenvalue weighted by atomic mass is 35.5. The zero-order valence-corrected chi connectivity index (χ0v) is 8.80. The zero-order chi connectivity index (χ0) is 9.84. The van der Waals surface area contributed by atoms with E-state index in [0.717, 1.165) is 22.7 Å². The topological polar surface area (TPSA) is 29.3 Å². The maximum absolute atomic E-state index is 6.07. The number of hydrogen-bond acceptors (Lipinski definition) is 2. The van der Waals surface area contributed by atoms with Gasteiger partial charge in [-0.2, -0.15) is 0 Å². The van der Waals surface area contributed by atoms with E-state index in [1.807, 2.05) is 32.3 Å². The first-order valence-corrected chi connectivity index (χ1v) is 4.63. The van der Waals surface area contributed by atoms with Gasteiger partial charge in [0, 0.05) is 18.1 Å². The summed E-state index contributed by atoms with van der Waals surface area (Å²) < 4.78 is 0. The second-order valence-corrected chi connectivity index (χ2v) is 3.77. The van der Waals surface area contributed by atoms with Gasteiger partial charge in [0.05, 0.1) is 0 Å². The largest absolute Gasteiger partial charge is 0.326 e. The van der Waals surface area contributed by atoms with Crippen LogP contribution in [0.2, 0.25) is 5.02 Å². The third kappa shape index (κ3) is 2.99. The van der Waals surface area contributed by atoms with E-state index in [9.17, 15) is 0 Å². The highest BCUT2D eigenvalue weighted by Crippen LogP contribution is 2.18. The van der Waals surface area contributed by atoms with Crippen molar-refractivity contribution >= 4 is 11.6 Å². The normalized spacial score (nSPS) is 10.8. The Bertz CT molecular complexity index is 284. The Morgan fingerprint density at radius 3 is 2.54 bits per heavy atom. The van der Waals surface area contributed by atoms with Gasteiger partial charge in [0.25, 0.3) is 0 Å². The molecule has 0 radical (unpaired) electrons. The van der Waals surface area contributed by atoms with Crippen LogP contribution in [0.3, 0.4) is 0 Å². The van der Waals surface area contributed by atoms with E-state index >= 15 is 0 Å². The summed E-state index contributed by atoms with van der Waals surface area (Å²) in [4.78, 5) is 2.09. The number of rotatable bonds is 3. The Morgan fingerprint density at radius 2 is 2.08 bits per heavy atom. The molecule has 2 N–H and O–H groups in total. The first kappa shape index (κ1) is 10.5. The summed E-state index contributed by atoms with van der Waals surface area (Å²) in [6.45, 7) is 1.41. The van der Waals surface area contributed by atoms with Gasteiger partial charge in [-0.15, -0.1) is 0 Å². The van der Waals surface area contributed by atoms with Crippen LogP contribution in [0, 0.1) is 0 Å². The Kier molecular flexibility index (Phi) is 3.72. The summed E-state index contributed by atoms with van der Waals surface area (Å²) in [6.07, 6.45) is 0. The van der Waals surface area contributed by atoms with Crippen LogP contribution in [-0.2, 0) is 13.1 Å². The molecule has 0 heterocycles. The van der Waals surface area contributed by atoms with Gasteiger partial charge in [0.1, 0.15) is 0 Å². The predicted octanol–water partition coefficient (Wildman–Crippen LogP) is 1.86. The molecule has 0 bridgehead atoms. The van der Waals surface area contributed by atoms with Crippen molar-refractivity contribution in [2.24, 2.45) is 5.73 Å². The van der Waals surface area contributed by atoms with Crippen molar-refractivity contribution in [2.75, 3.05) is 14.1 Å². The van der Waals surface area contributed by atoms with Gasteiger partial charge in [-0.3, -0.25) is 0 Å². The average molecular weight is 199 g/mol. The van der Waals surface area contributed by atoms with Gasteiger partial charge < -0.3 is 10.6 Å². The molecule has 0 saturated carbocycles. The fraction of sp³-hybridized carbons (Fsp3) is 0.400. The van der Waals surface area contributed by atoms with E-state index in [1.165, 1.54) is 0 Å². The number of nitrogens with zero attached hydrogens (tertiary/aromatic N) is 1. The molecular formula is C10H15ClN2. The van der Waals surface area contributed by atoms with Gasteiger partial charge >= 0.3 is 0 Å².